The number of hydrogen-bond donors (Lipinski definition) is 1. The van der Waals surface area contributed by atoms with Gasteiger partial charge in [0, 0.05) is 13.1 Å². The molecule has 0 atom stereocenters. The van der Waals surface area contributed by atoms with Crippen molar-refractivity contribution in [1.82, 2.24) is 4.98 Å². The summed E-state index contributed by atoms with van der Waals surface area (Å²) in [6.45, 7) is 6.71. The first kappa shape index (κ1) is 16.3. The number of anilines is 1. The number of nitrogens with zero attached hydrogens (tertiary/aromatic N) is 2. The van der Waals surface area contributed by atoms with Gasteiger partial charge >= 0.3 is 5.97 Å². The van der Waals surface area contributed by atoms with Crippen LogP contribution < -0.4 is 4.90 Å². The fourth-order valence-electron chi connectivity index (χ4n) is 2.99. The minimum atomic E-state index is -0.847. The van der Waals surface area contributed by atoms with Crippen LogP contribution in [0.15, 0.2) is 0 Å². The van der Waals surface area contributed by atoms with E-state index in [0.29, 0.717) is 16.3 Å². The Balaban J connectivity index is 2.14. The van der Waals surface area contributed by atoms with Crippen molar-refractivity contribution in [2.24, 2.45) is 5.41 Å². The highest BCUT2D eigenvalue weighted by Crippen LogP contribution is 2.38. The first-order valence-electron chi connectivity index (χ1n) is 7.80. The molecule has 1 aromatic rings. The molecule has 1 heterocycles. The third-order valence-electron chi connectivity index (χ3n) is 4.53. The SMILES string of the molecule is CCCc1nc(N(C)C2CCC(C)(C)CC2)sc1C(=O)O. The van der Waals surface area contributed by atoms with E-state index in [4.69, 9.17) is 0 Å². The lowest BCUT2D eigenvalue weighted by atomic mass is 9.75. The second-order valence-electron chi connectivity index (χ2n) is 6.83. The summed E-state index contributed by atoms with van der Waals surface area (Å²) in [6, 6.07) is 0.486. The summed E-state index contributed by atoms with van der Waals surface area (Å²) in [5.41, 5.74) is 1.19. The van der Waals surface area contributed by atoms with E-state index in [0.717, 1.165) is 36.5 Å². The Morgan fingerprint density at radius 2 is 2.05 bits per heavy atom. The zero-order valence-corrected chi connectivity index (χ0v) is 14.3. The standard InChI is InChI=1S/C16H26N2O2S/c1-5-6-12-13(14(19)20)21-15(17-12)18(4)11-7-9-16(2,3)10-8-11/h11H,5-10H2,1-4H3,(H,19,20). The van der Waals surface area contributed by atoms with Crippen LogP contribution in [0.25, 0.3) is 0 Å². The van der Waals surface area contributed by atoms with Gasteiger partial charge in [-0.05, 0) is 37.5 Å². The highest BCUT2D eigenvalue weighted by molar-refractivity contribution is 7.17. The number of rotatable bonds is 5. The largest absolute Gasteiger partial charge is 0.477 e. The van der Waals surface area contributed by atoms with Crippen molar-refractivity contribution in [1.29, 1.82) is 0 Å². The number of thiazole rings is 1. The van der Waals surface area contributed by atoms with Crippen molar-refractivity contribution in [2.45, 2.75) is 65.3 Å². The molecule has 0 spiro atoms. The lowest BCUT2D eigenvalue weighted by Crippen LogP contribution is -2.37. The molecule has 1 saturated carbocycles. The predicted octanol–water partition coefficient (Wildman–Crippen LogP) is 4.20. The molecule has 1 aliphatic rings. The fraction of sp³-hybridized carbons (Fsp3) is 0.750. The Morgan fingerprint density at radius 3 is 2.57 bits per heavy atom. The average Bonchev–Trinajstić information content (AvgIpc) is 2.82. The fourth-order valence-corrected chi connectivity index (χ4v) is 3.98. The van der Waals surface area contributed by atoms with Crippen molar-refractivity contribution >= 4 is 22.4 Å². The van der Waals surface area contributed by atoms with Crippen LogP contribution in [0.5, 0.6) is 0 Å². The van der Waals surface area contributed by atoms with Crippen LogP contribution in [0.4, 0.5) is 5.13 Å². The molecule has 0 saturated heterocycles. The average molecular weight is 310 g/mol. The van der Waals surface area contributed by atoms with E-state index in [-0.39, 0.29) is 0 Å². The molecule has 1 N–H and O–H groups in total. The lowest BCUT2D eigenvalue weighted by Gasteiger charge is -2.38. The Kier molecular flexibility index (Phi) is 4.91. The van der Waals surface area contributed by atoms with E-state index in [9.17, 15) is 9.90 Å². The summed E-state index contributed by atoms with van der Waals surface area (Å²) in [5.74, 6) is -0.847. The van der Waals surface area contributed by atoms with Gasteiger partial charge in [0.2, 0.25) is 0 Å². The first-order chi connectivity index (χ1) is 9.84. The van der Waals surface area contributed by atoms with Crippen molar-refractivity contribution in [3.63, 3.8) is 0 Å². The van der Waals surface area contributed by atoms with Gasteiger partial charge in [-0.3, -0.25) is 0 Å². The van der Waals surface area contributed by atoms with Crippen molar-refractivity contribution in [2.75, 3.05) is 11.9 Å². The molecule has 1 aromatic heterocycles. The van der Waals surface area contributed by atoms with Crippen LogP contribution >= 0.6 is 11.3 Å². The predicted molar refractivity (Wildman–Crippen MR) is 87.5 cm³/mol. The molecule has 0 unspecified atom stereocenters. The number of aromatic carboxylic acids is 1. The molecule has 4 nitrogen and oxygen atoms in total. The number of aryl methyl sites for hydroxylation is 1. The maximum Gasteiger partial charge on any atom is 0.347 e. The van der Waals surface area contributed by atoms with Gasteiger partial charge in [0.25, 0.3) is 0 Å². The summed E-state index contributed by atoms with van der Waals surface area (Å²) < 4.78 is 0. The molecule has 5 heteroatoms. The third kappa shape index (κ3) is 3.76. The molecule has 1 aliphatic carbocycles. The highest BCUT2D eigenvalue weighted by Gasteiger charge is 2.30. The molecule has 118 valence electrons. The van der Waals surface area contributed by atoms with Crippen LogP contribution in [0, 0.1) is 5.41 Å². The van der Waals surface area contributed by atoms with Gasteiger partial charge in [-0.2, -0.15) is 0 Å². The van der Waals surface area contributed by atoms with Crippen LogP contribution in [0.2, 0.25) is 0 Å². The van der Waals surface area contributed by atoms with Gasteiger partial charge < -0.3 is 10.0 Å². The molecule has 0 bridgehead atoms. The number of aromatic nitrogens is 1. The number of carboxylic acid groups (broad SMARTS) is 1. The van der Waals surface area contributed by atoms with Gasteiger partial charge in [-0.1, -0.05) is 38.5 Å². The molecule has 0 radical (unpaired) electrons. The Hall–Kier alpha value is -1.10. The number of carboxylic acids is 1. The Labute approximate surface area is 131 Å². The zero-order chi connectivity index (χ0) is 15.6. The zero-order valence-electron chi connectivity index (χ0n) is 13.5. The monoisotopic (exact) mass is 310 g/mol. The van der Waals surface area contributed by atoms with Crippen LogP contribution in [0.3, 0.4) is 0 Å². The van der Waals surface area contributed by atoms with E-state index < -0.39 is 5.97 Å². The van der Waals surface area contributed by atoms with Gasteiger partial charge in [0.1, 0.15) is 4.88 Å². The van der Waals surface area contributed by atoms with E-state index in [1.807, 2.05) is 0 Å². The van der Waals surface area contributed by atoms with Gasteiger partial charge in [-0.25, -0.2) is 9.78 Å². The summed E-state index contributed by atoms with van der Waals surface area (Å²) >= 11 is 1.32. The van der Waals surface area contributed by atoms with Crippen molar-refractivity contribution in [3.05, 3.63) is 10.6 Å². The summed E-state index contributed by atoms with van der Waals surface area (Å²) in [4.78, 5) is 18.6. The maximum atomic E-state index is 11.3. The Bertz CT molecular complexity index is 500. The van der Waals surface area contributed by atoms with Crippen molar-refractivity contribution < 1.29 is 9.90 Å². The maximum absolute atomic E-state index is 11.3. The Morgan fingerprint density at radius 1 is 1.43 bits per heavy atom. The molecule has 0 aliphatic heterocycles. The van der Waals surface area contributed by atoms with Gasteiger partial charge in [0.05, 0.1) is 5.69 Å². The van der Waals surface area contributed by atoms with Crippen LogP contribution in [-0.2, 0) is 6.42 Å². The normalized spacial score (nSPS) is 18.7. The summed E-state index contributed by atoms with van der Waals surface area (Å²) in [6.07, 6.45) is 6.43. The summed E-state index contributed by atoms with van der Waals surface area (Å²) in [7, 11) is 2.06. The van der Waals surface area contributed by atoms with Crippen LogP contribution in [-0.4, -0.2) is 29.1 Å². The van der Waals surface area contributed by atoms with Crippen LogP contribution in [0.1, 0.15) is 68.2 Å². The second kappa shape index (κ2) is 6.34. The lowest BCUT2D eigenvalue weighted by molar-refractivity contribution is 0.0700. The molecular weight excluding hydrogens is 284 g/mol. The van der Waals surface area contributed by atoms with Gasteiger partial charge in [-0.15, -0.1) is 0 Å². The molecule has 2 rings (SSSR count). The minimum absolute atomic E-state index is 0.412. The summed E-state index contributed by atoms with van der Waals surface area (Å²) in [5, 5.41) is 10.2. The molecule has 21 heavy (non-hydrogen) atoms. The quantitative estimate of drug-likeness (QED) is 0.885. The topological polar surface area (TPSA) is 53.4 Å². The first-order valence-corrected chi connectivity index (χ1v) is 8.61. The van der Waals surface area contributed by atoms with E-state index >= 15 is 0 Å². The molecular formula is C16H26N2O2S. The minimum Gasteiger partial charge on any atom is -0.477 e. The molecule has 0 amide bonds. The highest BCUT2D eigenvalue weighted by atomic mass is 32.1. The molecule has 1 fully saturated rings. The van der Waals surface area contributed by atoms with E-state index in [2.05, 4.69) is 37.7 Å². The molecule has 0 aromatic carbocycles. The smallest absolute Gasteiger partial charge is 0.347 e. The van der Waals surface area contributed by atoms with Gasteiger partial charge in [0.15, 0.2) is 5.13 Å². The van der Waals surface area contributed by atoms with E-state index in [1.54, 1.807) is 0 Å². The number of hydrogen-bond acceptors (Lipinski definition) is 4. The third-order valence-corrected chi connectivity index (χ3v) is 5.70. The van der Waals surface area contributed by atoms with E-state index in [1.165, 1.54) is 24.2 Å². The van der Waals surface area contributed by atoms with Crippen molar-refractivity contribution in [3.8, 4) is 0 Å². The second-order valence-corrected chi connectivity index (χ2v) is 7.81. The number of carbonyl (C=O) groups is 1.